The van der Waals surface area contributed by atoms with Crippen LogP contribution in [0.5, 0.6) is 5.75 Å². The number of unbranched alkanes of at least 4 members (excludes halogenated alkanes) is 18. The van der Waals surface area contributed by atoms with E-state index in [9.17, 15) is 14.7 Å². The molecule has 5 heteroatoms. The highest BCUT2D eigenvalue weighted by Crippen LogP contribution is 2.15. The molecule has 1 rings (SSSR count). The molecular formula is C32H55NO4. The van der Waals surface area contributed by atoms with Gasteiger partial charge in [-0.25, -0.2) is 4.79 Å². The van der Waals surface area contributed by atoms with Crippen LogP contribution in [-0.4, -0.2) is 30.1 Å². The van der Waals surface area contributed by atoms with Gasteiger partial charge in [-0.05, 0) is 24.1 Å². The largest absolute Gasteiger partial charge is 0.508 e. The highest BCUT2D eigenvalue weighted by Gasteiger charge is 2.21. The molecule has 1 atom stereocenters. The van der Waals surface area contributed by atoms with E-state index in [1.165, 1.54) is 116 Å². The Labute approximate surface area is 227 Å². The van der Waals surface area contributed by atoms with Gasteiger partial charge in [0.05, 0.1) is 7.11 Å². The summed E-state index contributed by atoms with van der Waals surface area (Å²) in [5.41, 5.74) is 0.858. The Morgan fingerprint density at radius 1 is 0.703 bits per heavy atom. The molecular weight excluding hydrogens is 462 g/mol. The Hall–Kier alpha value is -2.04. The van der Waals surface area contributed by atoms with Crippen LogP contribution in [0.3, 0.4) is 0 Å². The zero-order valence-electron chi connectivity index (χ0n) is 23.9. The standard InChI is InChI=1S/C32H55NO4/c1-3-4-5-6-7-8-9-10-11-12-13-14-15-16-17-18-19-20-21-22-31(35)33-30(32(36)37-2)27-28-23-25-29(34)26-24-28/h23-26,30,34H,3-22,27H2,1-2H3,(H,33,35). The number of nitrogens with one attached hydrogen (secondary N) is 1. The first-order valence-corrected chi connectivity index (χ1v) is 15.2. The number of hydrogen-bond donors (Lipinski definition) is 2. The van der Waals surface area contributed by atoms with Crippen molar-refractivity contribution in [2.24, 2.45) is 0 Å². The van der Waals surface area contributed by atoms with Crippen molar-refractivity contribution >= 4 is 11.9 Å². The third-order valence-corrected chi connectivity index (χ3v) is 7.20. The number of aromatic hydroxyl groups is 1. The Morgan fingerprint density at radius 2 is 1.11 bits per heavy atom. The molecule has 0 aromatic heterocycles. The fourth-order valence-electron chi connectivity index (χ4n) is 4.83. The average molecular weight is 518 g/mol. The Morgan fingerprint density at radius 3 is 1.51 bits per heavy atom. The molecule has 0 aliphatic carbocycles. The van der Waals surface area contributed by atoms with E-state index in [0.29, 0.717) is 12.8 Å². The van der Waals surface area contributed by atoms with Crippen LogP contribution in [0.2, 0.25) is 0 Å². The number of rotatable bonds is 24. The fourth-order valence-corrected chi connectivity index (χ4v) is 4.83. The number of carbonyl (C=O) groups is 2. The van der Waals surface area contributed by atoms with Crippen LogP contribution >= 0.6 is 0 Å². The summed E-state index contributed by atoms with van der Waals surface area (Å²) in [6.07, 6.45) is 26.0. The third-order valence-electron chi connectivity index (χ3n) is 7.20. The first-order chi connectivity index (χ1) is 18.1. The zero-order valence-corrected chi connectivity index (χ0v) is 23.9. The number of carbonyl (C=O) groups excluding carboxylic acids is 2. The van der Waals surface area contributed by atoms with E-state index in [1.54, 1.807) is 24.3 Å². The predicted octanol–water partition coefficient (Wildman–Crippen LogP) is 8.41. The minimum Gasteiger partial charge on any atom is -0.508 e. The van der Waals surface area contributed by atoms with Crippen molar-refractivity contribution < 1.29 is 19.4 Å². The van der Waals surface area contributed by atoms with Crippen LogP contribution in [0.25, 0.3) is 0 Å². The highest BCUT2D eigenvalue weighted by molar-refractivity contribution is 5.84. The van der Waals surface area contributed by atoms with E-state index in [0.717, 1.165) is 18.4 Å². The fraction of sp³-hybridized carbons (Fsp3) is 0.750. The molecule has 1 amide bonds. The van der Waals surface area contributed by atoms with Crippen molar-refractivity contribution in [2.45, 2.75) is 148 Å². The molecule has 0 aliphatic heterocycles. The summed E-state index contributed by atoms with van der Waals surface area (Å²) in [6, 6.07) is 5.93. The lowest BCUT2D eigenvalue weighted by Gasteiger charge is -2.16. The predicted molar refractivity (Wildman–Crippen MR) is 154 cm³/mol. The van der Waals surface area contributed by atoms with Crippen LogP contribution in [-0.2, 0) is 20.7 Å². The van der Waals surface area contributed by atoms with E-state index in [-0.39, 0.29) is 11.7 Å². The molecule has 212 valence electrons. The van der Waals surface area contributed by atoms with Gasteiger partial charge in [0.1, 0.15) is 11.8 Å². The lowest BCUT2D eigenvalue weighted by Crippen LogP contribution is -2.43. The Balaban J connectivity index is 1.94. The maximum atomic E-state index is 12.3. The first-order valence-electron chi connectivity index (χ1n) is 15.2. The van der Waals surface area contributed by atoms with Gasteiger partial charge in [0, 0.05) is 12.8 Å². The number of phenols is 1. The number of methoxy groups -OCH3 is 1. The van der Waals surface area contributed by atoms with Gasteiger partial charge in [-0.2, -0.15) is 0 Å². The number of hydrogen-bond acceptors (Lipinski definition) is 4. The van der Waals surface area contributed by atoms with Crippen LogP contribution in [0.15, 0.2) is 24.3 Å². The van der Waals surface area contributed by atoms with Gasteiger partial charge in [-0.1, -0.05) is 135 Å². The molecule has 0 saturated carbocycles. The minimum atomic E-state index is -0.706. The van der Waals surface area contributed by atoms with Gasteiger partial charge in [0.25, 0.3) is 0 Å². The van der Waals surface area contributed by atoms with E-state index >= 15 is 0 Å². The summed E-state index contributed by atoms with van der Waals surface area (Å²) in [7, 11) is 1.33. The SMILES string of the molecule is CCCCCCCCCCCCCCCCCCCCCC(=O)NC(Cc1ccc(O)cc1)C(=O)OC. The molecule has 1 aromatic carbocycles. The molecule has 0 bridgehead atoms. The second kappa shape index (κ2) is 23.1. The van der Waals surface area contributed by atoms with E-state index in [4.69, 9.17) is 4.74 Å². The number of phenolic OH excluding ortho intramolecular Hbond substituents is 1. The summed E-state index contributed by atoms with van der Waals surface area (Å²) in [5, 5.41) is 12.2. The smallest absolute Gasteiger partial charge is 0.328 e. The lowest BCUT2D eigenvalue weighted by atomic mass is 10.0. The van der Waals surface area contributed by atoms with Crippen LogP contribution < -0.4 is 5.32 Å². The maximum Gasteiger partial charge on any atom is 0.328 e. The van der Waals surface area contributed by atoms with E-state index in [2.05, 4.69) is 12.2 Å². The van der Waals surface area contributed by atoms with Crippen molar-refractivity contribution in [1.29, 1.82) is 0 Å². The quantitative estimate of drug-likeness (QED) is 0.107. The molecule has 1 aromatic rings. The van der Waals surface area contributed by atoms with Gasteiger partial charge in [-0.15, -0.1) is 0 Å². The van der Waals surface area contributed by atoms with Crippen LogP contribution in [0.4, 0.5) is 0 Å². The van der Waals surface area contributed by atoms with Crippen molar-refractivity contribution in [3.05, 3.63) is 29.8 Å². The zero-order chi connectivity index (χ0) is 27.0. The Kier molecular flexibility index (Phi) is 20.6. The molecule has 0 fully saturated rings. The van der Waals surface area contributed by atoms with Crippen LogP contribution in [0.1, 0.15) is 141 Å². The molecule has 0 aliphatic rings. The Bertz CT molecular complexity index is 689. The van der Waals surface area contributed by atoms with E-state index < -0.39 is 12.0 Å². The summed E-state index contributed by atoms with van der Waals surface area (Å²) in [6.45, 7) is 2.28. The molecule has 2 N–H and O–H groups in total. The molecule has 0 saturated heterocycles. The maximum absolute atomic E-state index is 12.3. The molecule has 5 nitrogen and oxygen atoms in total. The van der Waals surface area contributed by atoms with Crippen molar-refractivity contribution in [2.75, 3.05) is 7.11 Å². The van der Waals surface area contributed by atoms with Crippen molar-refractivity contribution in [3.8, 4) is 5.75 Å². The van der Waals surface area contributed by atoms with Gasteiger partial charge >= 0.3 is 5.97 Å². The molecule has 0 spiro atoms. The summed E-state index contributed by atoms with van der Waals surface area (Å²) in [5.74, 6) is -0.387. The van der Waals surface area contributed by atoms with Crippen molar-refractivity contribution in [1.82, 2.24) is 5.32 Å². The van der Waals surface area contributed by atoms with Gasteiger partial charge < -0.3 is 15.2 Å². The summed E-state index contributed by atoms with van der Waals surface area (Å²) in [4.78, 5) is 24.4. The van der Waals surface area contributed by atoms with Crippen LogP contribution in [0, 0.1) is 0 Å². The number of esters is 1. The van der Waals surface area contributed by atoms with Gasteiger partial charge in [-0.3, -0.25) is 4.79 Å². The first kappa shape index (κ1) is 33.0. The molecule has 1 unspecified atom stereocenters. The number of ether oxygens (including phenoxy) is 1. The summed E-state index contributed by atoms with van der Waals surface area (Å²) < 4.78 is 4.85. The van der Waals surface area contributed by atoms with E-state index in [1.807, 2.05) is 0 Å². The minimum absolute atomic E-state index is 0.110. The molecule has 37 heavy (non-hydrogen) atoms. The highest BCUT2D eigenvalue weighted by atomic mass is 16.5. The van der Waals surface area contributed by atoms with Crippen molar-refractivity contribution in [3.63, 3.8) is 0 Å². The normalized spacial score (nSPS) is 11.8. The third kappa shape index (κ3) is 18.8. The average Bonchev–Trinajstić information content (AvgIpc) is 2.90. The monoisotopic (exact) mass is 517 g/mol. The topological polar surface area (TPSA) is 75.6 Å². The second-order valence-corrected chi connectivity index (χ2v) is 10.6. The van der Waals surface area contributed by atoms with Gasteiger partial charge in [0.15, 0.2) is 0 Å². The molecule has 0 radical (unpaired) electrons. The number of amides is 1. The molecule has 0 heterocycles. The lowest BCUT2D eigenvalue weighted by molar-refractivity contribution is -0.145. The second-order valence-electron chi connectivity index (χ2n) is 10.6. The van der Waals surface area contributed by atoms with Gasteiger partial charge in [0.2, 0.25) is 5.91 Å². The number of benzene rings is 1. The summed E-state index contributed by atoms with van der Waals surface area (Å²) >= 11 is 0.